The van der Waals surface area contributed by atoms with Crippen LogP contribution in [0.4, 0.5) is 0 Å². The third-order valence-corrected chi connectivity index (χ3v) is 4.23. The van der Waals surface area contributed by atoms with Gasteiger partial charge in [-0.05, 0) is 31.5 Å². The van der Waals surface area contributed by atoms with Crippen molar-refractivity contribution in [3.63, 3.8) is 0 Å². The fourth-order valence-electron chi connectivity index (χ4n) is 2.90. The Balaban J connectivity index is 1.94. The van der Waals surface area contributed by atoms with Crippen LogP contribution in [0.1, 0.15) is 18.4 Å². The van der Waals surface area contributed by atoms with Gasteiger partial charge in [-0.3, -0.25) is 4.79 Å². The Morgan fingerprint density at radius 3 is 2.43 bits per heavy atom. The number of ether oxygens (including phenoxy) is 1. The van der Waals surface area contributed by atoms with E-state index >= 15 is 0 Å². The molecule has 0 unspecified atom stereocenters. The lowest BCUT2D eigenvalue weighted by Gasteiger charge is -2.39. The lowest BCUT2D eigenvalue weighted by molar-refractivity contribution is -0.146. The van der Waals surface area contributed by atoms with Crippen molar-refractivity contribution in [2.45, 2.75) is 18.3 Å². The summed E-state index contributed by atoms with van der Waals surface area (Å²) in [4.78, 5) is 14.0. The van der Waals surface area contributed by atoms with E-state index in [1.165, 1.54) is 0 Å². The predicted molar refractivity (Wildman–Crippen MR) is 79.3 cm³/mol. The largest absolute Gasteiger partial charge is 0.481 e. The molecule has 0 amide bonds. The number of piperidine rings is 1. The highest BCUT2D eigenvalue weighted by molar-refractivity contribution is 5.81. The number of nitrogens with zero attached hydrogens (tertiary/aromatic N) is 1. The maximum Gasteiger partial charge on any atom is 0.314 e. The van der Waals surface area contributed by atoms with E-state index in [9.17, 15) is 9.90 Å². The quantitative estimate of drug-likeness (QED) is 0.737. The van der Waals surface area contributed by atoms with Crippen LogP contribution in [0.2, 0.25) is 0 Å². The Hall–Kier alpha value is -1.43. The minimum absolute atomic E-state index is 0.0378. The molecular formula is C16H23NO4. The van der Waals surface area contributed by atoms with Crippen LogP contribution in [-0.2, 0) is 14.9 Å². The molecule has 1 aliphatic rings. The zero-order chi connectivity index (χ0) is 15.1. The van der Waals surface area contributed by atoms with Gasteiger partial charge in [0, 0.05) is 6.54 Å². The number of benzene rings is 1. The second-order valence-electron chi connectivity index (χ2n) is 5.43. The number of rotatable bonds is 7. The molecule has 21 heavy (non-hydrogen) atoms. The Labute approximate surface area is 125 Å². The molecule has 0 aromatic heterocycles. The predicted octanol–water partition coefficient (Wildman–Crippen LogP) is 1.11. The molecule has 0 bridgehead atoms. The van der Waals surface area contributed by atoms with Crippen molar-refractivity contribution >= 4 is 5.97 Å². The van der Waals surface area contributed by atoms with Crippen molar-refractivity contribution in [1.29, 1.82) is 0 Å². The molecule has 0 atom stereocenters. The summed E-state index contributed by atoms with van der Waals surface area (Å²) < 4.78 is 5.26. The topological polar surface area (TPSA) is 70.0 Å². The number of carboxylic acid groups (broad SMARTS) is 1. The van der Waals surface area contributed by atoms with Gasteiger partial charge < -0.3 is 19.8 Å². The molecule has 1 aromatic carbocycles. The van der Waals surface area contributed by atoms with Crippen LogP contribution >= 0.6 is 0 Å². The lowest BCUT2D eigenvalue weighted by atomic mass is 9.73. The van der Waals surface area contributed by atoms with E-state index in [0.717, 1.165) is 25.2 Å². The maximum absolute atomic E-state index is 11.8. The number of aliphatic carboxylic acids is 1. The van der Waals surface area contributed by atoms with Gasteiger partial charge in [-0.15, -0.1) is 0 Å². The molecule has 0 aliphatic carbocycles. The standard InChI is InChI=1S/C16H23NO4/c18-11-13-21-12-10-17-8-6-16(7-9-17,15(19)20)14-4-2-1-3-5-14/h1-5,18H,6-13H2,(H,19,20). The molecule has 1 heterocycles. The average molecular weight is 293 g/mol. The van der Waals surface area contributed by atoms with Gasteiger partial charge in [0.15, 0.2) is 0 Å². The van der Waals surface area contributed by atoms with Crippen LogP contribution in [0, 0.1) is 0 Å². The molecule has 0 spiro atoms. The summed E-state index contributed by atoms with van der Waals surface area (Å²) >= 11 is 0. The van der Waals surface area contributed by atoms with Crippen LogP contribution in [0.15, 0.2) is 30.3 Å². The Morgan fingerprint density at radius 2 is 1.86 bits per heavy atom. The second-order valence-corrected chi connectivity index (χ2v) is 5.43. The van der Waals surface area contributed by atoms with Crippen LogP contribution in [0.3, 0.4) is 0 Å². The number of aliphatic hydroxyl groups excluding tert-OH is 1. The SMILES string of the molecule is O=C(O)C1(c2ccccc2)CCN(CCOCCO)CC1. The first-order valence-corrected chi connectivity index (χ1v) is 7.39. The summed E-state index contributed by atoms with van der Waals surface area (Å²) in [6.07, 6.45) is 1.23. The monoisotopic (exact) mass is 293 g/mol. The van der Waals surface area contributed by atoms with Gasteiger partial charge in [0.2, 0.25) is 0 Å². The van der Waals surface area contributed by atoms with E-state index < -0.39 is 11.4 Å². The normalized spacial score (nSPS) is 18.5. The number of carboxylic acids is 1. The molecule has 2 rings (SSSR count). The molecule has 0 radical (unpaired) electrons. The van der Waals surface area contributed by atoms with Crippen molar-refractivity contribution in [2.75, 3.05) is 39.5 Å². The summed E-state index contributed by atoms with van der Waals surface area (Å²) in [7, 11) is 0. The molecule has 5 nitrogen and oxygen atoms in total. The van der Waals surface area contributed by atoms with E-state index in [-0.39, 0.29) is 6.61 Å². The first kappa shape index (κ1) is 15.9. The number of likely N-dealkylation sites (tertiary alicyclic amines) is 1. The van der Waals surface area contributed by atoms with Crippen molar-refractivity contribution in [3.05, 3.63) is 35.9 Å². The minimum Gasteiger partial charge on any atom is -0.481 e. The van der Waals surface area contributed by atoms with Crippen LogP contribution in [0.5, 0.6) is 0 Å². The van der Waals surface area contributed by atoms with Gasteiger partial charge >= 0.3 is 5.97 Å². The summed E-state index contributed by atoms with van der Waals surface area (Å²) in [5.41, 5.74) is 0.137. The van der Waals surface area contributed by atoms with E-state index in [1.54, 1.807) is 0 Å². The van der Waals surface area contributed by atoms with E-state index in [1.807, 2.05) is 30.3 Å². The van der Waals surface area contributed by atoms with Crippen molar-refractivity contribution in [1.82, 2.24) is 4.90 Å². The molecule has 116 valence electrons. The zero-order valence-electron chi connectivity index (χ0n) is 12.2. The minimum atomic E-state index is -0.760. The van der Waals surface area contributed by atoms with Gasteiger partial charge in [-0.2, -0.15) is 0 Å². The van der Waals surface area contributed by atoms with Gasteiger partial charge in [0.05, 0.1) is 25.2 Å². The van der Waals surface area contributed by atoms with Crippen LogP contribution in [0.25, 0.3) is 0 Å². The number of hydrogen-bond donors (Lipinski definition) is 2. The fourth-order valence-corrected chi connectivity index (χ4v) is 2.90. The molecule has 1 saturated heterocycles. The third kappa shape index (κ3) is 3.81. The Kier molecular flexibility index (Phi) is 5.73. The first-order chi connectivity index (χ1) is 10.2. The smallest absolute Gasteiger partial charge is 0.314 e. The highest BCUT2D eigenvalue weighted by Gasteiger charge is 2.42. The second kappa shape index (κ2) is 7.54. The van der Waals surface area contributed by atoms with E-state index in [4.69, 9.17) is 9.84 Å². The first-order valence-electron chi connectivity index (χ1n) is 7.39. The van der Waals surface area contributed by atoms with E-state index in [2.05, 4.69) is 4.90 Å². The van der Waals surface area contributed by atoms with Gasteiger partial charge in [0.25, 0.3) is 0 Å². The molecule has 2 N–H and O–H groups in total. The van der Waals surface area contributed by atoms with Crippen LogP contribution in [-0.4, -0.2) is 60.5 Å². The molecule has 0 saturated carbocycles. The Bertz CT molecular complexity index is 441. The molecular weight excluding hydrogens is 270 g/mol. The van der Waals surface area contributed by atoms with Crippen molar-refractivity contribution < 1.29 is 19.7 Å². The lowest BCUT2D eigenvalue weighted by Crippen LogP contribution is -2.48. The molecule has 1 aromatic rings. The summed E-state index contributed by atoms with van der Waals surface area (Å²) in [6, 6.07) is 9.53. The molecule has 1 fully saturated rings. The highest BCUT2D eigenvalue weighted by atomic mass is 16.5. The van der Waals surface area contributed by atoms with Gasteiger partial charge in [-0.1, -0.05) is 30.3 Å². The summed E-state index contributed by atoms with van der Waals surface area (Å²) in [5.74, 6) is -0.732. The van der Waals surface area contributed by atoms with Gasteiger partial charge in [-0.25, -0.2) is 0 Å². The van der Waals surface area contributed by atoms with E-state index in [0.29, 0.717) is 26.1 Å². The van der Waals surface area contributed by atoms with Crippen LogP contribution < -0.4 is 0 Å². The van der Waals surface area contributed by atoms with Crippen molar-refractivity contribution in [3.8, 4) is 0 Å². The molecule has 1 aliphatic heterocycles. The zero-order valence-corrected chi connectivity index (χ0v) is 12.2. The maximum atomic E-state index is 11.8. The number of hydrogen-bond acceptors (Lipinski definition) is 4. The van der Waals surface area contributed by atoms with Gasteiger partial charge in [0.1, 0.15) is 0 Å². The third-order valence-electron chi connectivity index (χ3n) is 4.23. The van der Waals surface area contributed by atoms with Crippen molar-refractivity contribution in [2.24, 2.45) is 0 Å². The number of carbonyl (C=O) groups is 1. The average Bonchev–Trinajstić information content (AvgIpc) is 2.53. The molecule has 5 heteroatoms. The Morgan fingerprint density at radius 1 is 1.19 bits per heavy atom. The highest BCUT2D eigenvalue weighted by Crippen LogP contribution is 2.35. The summed E-state index contributed by atoms with van der Waals surface area (Å²) in [5, 5.41) is 18.4. The number of aliphatic hydroxyl groups is 1. The summed E-state index contributed by atoms with van der Waals surface area (Å²) in [6.45, 7) is 3.26. The fraction of sp³-hybridized carbons (Fsp3) is 0.562.